The molecule has 0 atom stereocenters. The fourth-order valence-electron chi connectivity index (χ4n) is 2.20. The number of anilines is 1. The van der Waals surface area contributed by atoms with Crippen LogP contribution in [0.3, 0.4) is 0 Å². The molecular weight excluding hydrogens is 354 g/mol. The lowest BCUT2D eigenvalue weighted by molar-refractivity contribution is -0.118. The number of amides is 1. The second-order valence-corrected chi connectivity index (χ2v) is 6.34. The Morgan fingerprint density at radius 3 is 2.90 bits per heavy atom. The van der Waals surface area contributed by atoms with Crippen LogP contribution in [-0.4, -0.2) is 24.8 Å². The van der Waals surface area contributed by atoms with E-state index in [0.29, 0.717) is 22.9 Å². The quantitative estimate of drug-likeness (QED) is 0.781. The number of carbonyl (C=O) groups is 2. The predicted molar refractivity (Wildman–Crippen MR) is 85.3 cm³/mol. The van der Waals surface area contributed by atoms with Crippen LogP contribution < -0.4 is 9.64 Å². The monoisotopic (exact) mass is 365 g/mol. The van der Waals surface area contributed by atoms with Gasteiger partial charge in [-0.15, -0.1) is 11.3 Å². The van der Waals surface area contributed by atoms with Gasteiger partial charge in [-0.25, -0.2) is 0 Å². The first kappa shape index (κ1) is 14.3. The second kappa shape index (κ2) is 5.99. The van der Waals surface area contributed by atoms with Crippen molar-refractivity contribution in [3.8, 4) is 5.75 Å². The van der Waals surface area contributed by atoms with Gasteiger partial charge in [0.05, 0.1) is 30.1 Å². The van der Waals surface area contributed by atoms with Gasteiger partial charge in [-0.05, 0) is 39.5 Å². The summed E-state index contributed by atoms with van der Waals surface area (Å²) in [7, 11) is 0. The van der Waals surface area contributed by atoms with Gasteiger partial charge in [0.2, 0.25) is 5.91 Å². The van der Waals surface area contributed by atoms with E-state index in [1.807, 2.05) is 29.6 Å². The van der Waals surface area contributed by atoms with Crippen molar-refractivity contribution < 1.29 is 14.3 Å². The zero-order chi connectivity index (χ0) is 14.8. The Morgan fingerprint density at radius 1 is 1.33 bits per heavy atom. The minimum Gasteiger partial charge on any atom is -0.491 e. The summed E-state index contributed by atoms with van der Waals surface area (Å²) in [5.74, 6) is 0.462. The van der Waals surface area contributed by atoms with Crippen molar-refractivity contribution in [3.05, 3.63) is 45.1 Å². The standard InChI is InChI=1S/C15H12BrNO3S/c16-10-6-8-21-15(10)12(18)9-17-11-3-1-2-4-13(11)20-7-5-14(17)19/h1-4,6,8H,5,7,9H2. The van der Waals surface area contributed by atoms with Gasteiger partial charge in [-0.2, -0.15) is 0 Å². The SMILES string of the molecule is O=C(CN1C(=O)CCOc2ccccc21)c1sccc1Br. The largest absolute Gasteiger partial charge is 0.491 e. The van der Waals surface area contributed by atoms with Gasteiger partial charge < -0.3 is 9.64 Å². The highest BCUT2D eigenvalue weighted by Gasteiger charge is 2.26. The molecule has 0 unspecified atom stereocenters. The van der Waals surface area contributed by atoms with Crippen LogP contribution in [0.5, 0.6) is 5.75 Å². The maximum Gasteiger partial charge on any atom is 0.230 e. The minimum absolute atomic E-state index is 0.0261. The maximum absolute atomic E-state index is 12.4. The second-order valence-electron chi connectivity index (χ2n) is 4.57. The van der Waals surface area contributed by atoms with Gasteiger partial charge in [0.15, 0.2) is 5.78 Å². The average molecular weight is 366 g/mol. The third-order valence-corrected chi connectivity index (χ3v) is 5.08. The van der Waals surface area contributed by atoms with Crippen molar-refractivity contribution in [1.82, 2.24) is 0 Å². The van der Waals surface area contributed by atoms with Crippen molar-refractivity contribution in [3.63, 3.8) is 0 Å². The molecule has 0 bridgehead atoms. The van der Waals surface area contributed by atoms with E-state index in [1.165, 1.54) is 16.2 Å². The molecule has 1 amide bonds. The Labute approximate surface area is 134 Å². The molecule has 4 nitrogen and oxygen atoms in total. The number of halogens is 1. The van der Waals surface area contributed by atoms with E-state index >= 15 is 0 Å². The van der Waals surface area contributed by atoms with Crippen molar-refractivity contribution in [2.24, 2.45) is 0 Å². The number of para-hydroxylation sites is 2. The molecule has 0 fully saturated rings. The zero-order valence-corrected chi connectivity index (χ0v) is 13.4. The number of ether oxygens (including phenoxy) is 1. The fourth-order valence-corrected chi connectivity index (χ4v) is 3.73. The number of nitrogens with zero attached hydrogens (tertiary/aromatic N) is 1. The van der Waals surface area contributed by atoms with Gasteiger partial charge in [0.1, 0.15) is 5.75 Å². The van der Waals surface area contributed by atoms with Crippen LogP contribution >= 0.6 is 27.3 Å². The highest BCUT2D eigenvalue weighted by molar-refractivity contribution is 9.10. The van der Waals surface area contributed by atoms with Gasteiger partial charge in [0.25, 0.3) is 0 Å². The average Bonchev–Trinajstić information content (AvgIpc) is 2.84. The number of rotatable bonds is 3. The molecule has 0 saturated heterocycles. The summed E-state index contributed by atoms with van der Waals surface area (Å²) in [5, 5.41) is 1.85. The molecule has 108 valence electrons. The number of Topliss-reactive ketones (excluding diaryl/α,β-unsaturated/α-hetero) is 1. The summed E-state index contributed by atoms with van der Waals surface area (Å²) < 4.78 is 6.33. The van der Waals surface area contributed by atoms with Crippen molar-refractivity contribution in [1.29, 1.82) is 0 Å². The van der Waals surface area contributed by atoms with Crippen LogP contribution in [0.25, 0.3) is 0 Å². The molecule has 1 aromatic heterocycles. The molecule has 1 aliphatic heterocycles. The molecule has 21 heavy (non-hydrogen) atoms. The molecule has 0 N–H and O–H groups in total. The van der Waals surface area contributed by atoms with Gasteiger partial charge in [-0.3, -0.25) is 9.59 Å². The maximum atomic E-state index is 12.4. The minimum atomic E-state index is -0.0963. The molecule has 0 aliphatic carbocycles. The van der Waals surface area contributed by atoms with Crippen LogP contribution in [-0.2, 0) is 4.79 Å². The molecule has 2 aromatic rings. The normalized spacial score (nSPS) is 14.3. The first-order chi connectivity index (χ1) is 10.2. The predicted octanol–water partition coefficient (Wildman–Crippen LogP) is 3.51. The zero-order valence-electron chi connectivity index (χ0n) is 11.0. The molecule has 0 spiro atoms. The number of ketones is 1. The van der Waals surface area contributed by atoms with E-state index < -0.39 is 0 Å². The molecule has 1 aromatic carbocycles. The first-order valence-corrected chi connectivity index (χ1v) is 8.12. The van der Waals surface area contributed by atoms with Crippen LogP contribution in [0.2, 0.25) is 0 Å². The van der Waals surface area contributed by atoms with Crippen molar-refractivity contribution >= 4 is 44.6 Å². The lowest BCUT2D eigenvalue weighted by atomic mass is 10.2. The van der Waals surface area contributed by atoms with Gasteiger partial charge in [0, 0.05) is 4.47 Å². The Balaban J connectivity index is 1.91. The lowest BCUT2D eigenvalue weighted by Gasteiger charge is -2.20. The Kier molecular flexibility index (Phi) is 4.07. The smallest absolute Gasteiger partial charge is 0.230 e. The van der Waals surface area contributed by atoms with Crippen LogP contribution in [0.4, 0.5) is 5.69 Å². The summed E-state index contributed by atoms with van der Waals surface area (Å²) in [6.07, 6.45) is 0.271. The lowest BCUT2D eigenvalue weighted by Crippen LogP contribution is -2.35. The Hall–Kier alpha value is -1.66. The van der Waals surface area contributed by atoms with Crippen molar-refractivity contribution in [2.45, 2.75) is 6.42 Å². The van der Waals surface area contributed by atoms with E-state index in [2.05, 4.69) is 15.9 Å². The molecular formula is C15H12BrNO3S. The molecule has 6 heteroatoms. The van der Waals surface area contributed by atoms with E-state index in [9.17, 15) is 9.59 Å². The van der Waals surface area contributed by atoms with Gasteiger partial charge in [-0.1, -0.05) is 12.1 Å². The van der Waals surface area contributed by atoms with Crippen LogP contribution in [0.15, 0.2) is 40.2 Å². The number of benzene rings is 1. The number of fused-ring (bicyclic) bond motifs is 1. The topological polar surface area (TPSA) is 46.6 Å². The number of hydrogen-bond donors (Lipinski definition) is 0. The molecule has 0 radical (unpaired) electrons. The summed E-state index contributed by atoms with van der Waals surface area (Å²) in [6, 6.07) is 9.13. The van der Waals surface area contributed by atoms with Crippen LogP contribution in [0, 0.1) is 0 Å². The van der Waals surface area contributed by atoms with E-state index in [1.54, 1.807) is 6.07 Å². The third kappa shape index (κ3) is 2.87. The molecule has 3 rings (SSSR count). The molecule has 2 heterocycles. The highest BCUT2D eigenvalue weighted by Crippen LogP contribution is 2.32. The summed E-state index contributed by atoms with van der Waals surface area (Å²) in [6.45, 7) is 0.363. The van der Waals surface area contributed by atoms with Crippen molar-refractivity contribution in [2.75, 3.05) is 18.1 Å². The van der Waals surface area contributed by atoms with E-state index in [4.69, 9.17) is 4.74 Å². The van der Waals surface area contributed by atoms with Crippen LogP contribution in [0.1, 0.15) is 16.1 Å². The highest BCUT2D eigenvalue weighted by atomic mass is 79.9. The summed E-state index contributed by atoms with van der Waals surface area (Å²) in [5.41, 5.74) is 0.654. The fraction of sp³-hybridized carbons (Fsp3) is 0.200. The summed E-state index contributed by atoms with van der Waals surface area (Å²) in [4.78, 5) is 26.8. The first-order valence-electron chi connectivity index (χ1n) is 6.45. The summed E-state index contributed by atoms with van der Waals surface area (Å²) >= 11 is 4.72. The Morgan fingerprint density at radius 2 is 2.14 bits per heavy atom. The molecule has 0 saturated carbocycles. The number of thiophene rings is 1. The van der Waals surface area contributed by atoms with E-state index in [-0.39, 0.29) is 24.7 Å². The number of hydrogen-bond acceptors (Lipinski definition) is 4. The number of carbonyl (C=O) groups excluding carboxylic acids is 2. The van der Waals surface area contributed by atoms with Gasteiger partial charge >= 0.3 is 0 Å². The third-order valence-electron chi connectivity index (χ3n) is 3.20. The molecule has 1 aliphatic rings. The Bertz CT molecular complexity index is 698. The van der Waals surface area contributed by atoms with E-state index in [0.717, 1.165) is 4.47 Å².